The first kappa shape index (κ1) is 15.8. The number of nitrogens with two attached hydrogens (primary N) is 1. The van der Waals surface area contributed by atoms with E-state index in [1.165, 1.54) is 10.9 Å². The number of hydrogen-bond donors (Lipinski definition) is 2. The van der Waals surface area contributed by atoms with Gasteiger partial charge in [0.15, 0.2) is 0 Å². The molecule has 0 saturated carbocycles. The molecule has 3 N–H and O–H groups in total. The van der Waals surface area contributed by atoms with Crippen molar-refractivity contribution >= 4 is 23.1 Å². The van der Waals surface area contributed by atoms with Gasteiger partial charge in [-0.2, -0.15) is 10.4 Å². The molecule has 0 aliphatic carbocycles. The smallest absolute Gasteiger partial charge is 0.251 e. The van der Waals surface area contributed by atoms with Crippen molar-refractivity contribution in [2.75, 3.05) is 5.73 Å². The van der Waals surface area contributed by atoms with Gasteiger partial charge >= 0.3 is 0 Å². The van der Waals surface area contributed by atoms with Crippen LogP contribution in [0.3, 0.4) is 0 Å². The first-order valence-electron chi connectivity index (χ1n) is 7.28. The normalized spacial score (nSPS) is 11.7. The van der Waals surface area contributed by atoms with E-state index < -0.39 is 0 Å². The highest BCUT2D eigenvalue weighted by Crippen LogP contribution is 2.20. The number of nitrogens with zero attached hydrogens (tertiary/aromatic N) is 3. The first-order valence-corrected chi connectivity index (χ1v) is 8.16. The Kier molecular flexibility index (Phi) is 4.31. The number of nitriles is 1. The number of thiophene rings is 1. The van der Waals surface area contributed by atoms with Crippen molar-refractivity contribution in [1.82, 2.24) is 15.1 Å². The molecule has 0 spiro atoms. The Balaban J connectivity index is 1.75. The van der Waals surface area contributed by atoms with E-state index >= 15 is 0 Å². The van der Waals surface area contributed by atoms with E-state index in [2.05, 4.69) is 10.4 Å². The largest absolute Gasteiger partial charge is 0.382 e. The van der Waals surface area contributed by atoms with Crippen molar-refractivity contribution in [3.63, 3.8) is 0 Å². The third-order valence-corrected chi connectivity index (χ3v) is 4.67. The first-order chi connectivity index (χ1) is 11.6. The number of rotatable bonds is 4. The molecule has 0 radical (unpaired) electrons. The van der Waals surface area contributed by atoms with Crippen LogP contribution in [0.1, 0.15) is 33.8 Å². The molecule has 3 aromatic rings. The highest BCUT2D eigenvalue weighted by molar-refractivity contribution is 7.10. The second-order valence-corrected chi connectivity index (χ2v) is 6.20. The quantitative estimate of drug-likeness (QED) is 0.765. The van der Waals surface area contributed by atoms with Crippen LogP contribution < -0.4 is 11.1 Å². The zero-order chi connectivity index (χ0) is 17.1. The second kappa shape index (κ2) is 6.56. The molecular formula is C17H15N5OS. The summed E-state index contributed by atoms with van der Waals surface area (Å²) < 4.78 is 1.47. The summed E-state index contributed by atoms with van der Waals surface area (Å²) in [7, 11) is 0. The van der Waals surface area contributed by atoms with Gasteiger partial charge in [0.1, 0.15) is 17.5 Å². The number of anilines is 1. The lowest BCUT2D eigenvalue weighted by atomic mass is 10.1. The van der Waals surface area contributed by atoms with Crippen molar-refractivity contribution in [3.8, 4) is 11.8 Å². The van der Waals surface area contributed by atoms with Crippen LogP contribution in [0.4, 0.5) is 5.82 Å². The van der Waals surface area contributed by atoms with Crippen LogP contribution >= 0.6 is 11.3 Å². The van der Waals surface area contributed by atoms with Gasteiger partial charge in [0.2, 0.25) is 0 Å². The summed E-state index contributed by atoms with van der Waals surface area (Å²) in [6, 6.07) is 12.8. The number of aromatic nitrogens is 2. The Morgan fingerprint density at radius 1 is 1.38 bits per heavy atom. The lowest BCUT2D eigenvalue weighted by molar-refractivity contribution is 0.0940. The van der Waals surface area contributed by atoms with Crippen LogP contribution in [0.5, 0.6) is 0 Å². The van der Waals surface area contributed by atoms with Gasteiger partial charge in [0.25, 0.3) is 5.91 Å². The van der Waals surface area contributed by atoms with E-state index in [9.17, 15) is 4.79 Å². The Bertz CT molecular complexity index is 890. The maximum Gasteiger partial charge on any atom is 0.251 e. The molecule has 2 heterocycles. The van der Waals surface area contributed by atoms with E-state index in [0.29, 0.717) is 16.8 Å². The number of carbonyl (C=O) groups is 1. The second-order valence-electron chi connectivity index (χ2n) is 5.22. The van der Waals surface area contributed by atoms with Crippen molar-refractivity contribution < 1.29 is 4.79 Å². The number of benzene rings is 1. The summed E-state index contributed by atoms with van der Waals surface area (Å²) in [5.41, 5.74) is 7.43. The van der Waals surface area contributed by atoms with Gasteiger partial charge in [-0.25, -0.2) is 4.68 Å². The fraction of sp³-hybridized carbons (Fsp3) is 0.118. The molecule has 1 unspecified atom stereocenters. The molecule has 2 aromatic heterocycles. The summed E-state index contributed by atoms with van der Waals surface area (Å²) in [6.07, 6.45) is 1.42. The number of carbonyl (C=O) groups excluding carboxylic acids is 1. The number of amides is 1. The topological polar surface area (TPSA) is 96.7 Å². The average molecular weight is 337 g/mol. The molecule has 3 rings (SSSR count). The number of nitrogens with one attached hydrogen (secondary N) is 1. The molecule has 0 bridgehead atoms. The standard InChI is InChI=1S/C17H15N5OS/c1-11(15-3-2-8-24-15)21-17(23)12-4-6-14(7-5-12)22-16(19)13(9-18)10-20-22/h2-8,10-11H,19H2,1H3,(H,21,23). The lowest BCUT2D eigenvalue weighted by Gasteiger charge is -2.12. The van der Waals surface area contributed by atoms with Crippen LogP contribution in [-0.4, -0.2) is 15.7 Å². The fourth-order valence-electron chi connectivity index (χ4n) is 2.29. The molecule has 1 amide bonds. The van der Waals surface area contributed by atoms with Gasteiger partial charge in [-0.3, -0.25) is 4.79 Å². The minimum atomic E-state index is -0.145. The van der Waals surface area contributed by atoms with E-state index in [1.807, 2.05) is 30.5 Å². The van der Waals surface area contributed by atoms with E-state index in [4.69, 9.17) is 11.0 Å². The predicted octanol–water partition coefficient (Wildman–Crippen LogP) is 2.88. The fourth-order valence-corrected chi connectivity index (χ4v) is 3.03. The Hall–Kier alpha value is -3.11. The van der Waals surface area contributed by atoms with Gasteiger partial charge in [-0.05, 0) is 42.6 Å². The molecule has 24 heavy (non-hydrogen) atoms. The molecule has 0 fully saturated rings. The third-order valence-electron chi connectivity index (χ3n) is 3.62. The van der Waals surface area contributed by atoms with Crippen LogP contribution in [0, 0.1) is 11.3 Å². The van der Waals surface area contributed by atoms with Crippen LogP contribution in [0.15, 0.2) is 48.0 Å². The molecule has 0 saturated heterocycles. The molecule has 120 valence electrons. The summed E-state index contributed by atoms with van der Waals surface area (Å²) in [5, 5.41) is 18.0. The Morgan fingerprint density at radius 2 is 2.12 bits per heavy atom. The Morgan fingerprint density at radius 3 is 2.71 bits per heavy atom. The minimum absolute atomic E-state index is 0.0443. The summed E-state index contributed by atoms with van der Waals surface area (Å²) in [5.74, 6) is 0.134. The maximum absolute atomic E-state index is 12.3. The van der Waals surface area contributed by atoms with Crippen molar-refractivity contribution in [2.24, 2.45) is 0 Å². The van der Waals surface area contributed by atoms with Crippen molar-refractivity contribution in [3.05, 3.63) is 64.0 Å². The molecule has 7 heteroatoms. The van der Waals surface area contributed by atoms with Gasteiger partial charge in [0.05, 0.1) is 17.9 Å². The Labute approximate surface area is 143 Å². The summed E-state index contributed by atoms with van der Waals surface area (Å²) in [6.45, 7) is 1.95. The van der Waals surface area contributed by atoms with Gasteiger partial charge in [-0.1, -0.05) is 6.07 Å². The highest BCUT2D eigenvalue weighted by atomic mass is 32.1. The van der Waals surface area contributed by atoms with Gasteiger partial charge in [-0.15, -0.1) is 11.3 Å². The monoisotopic (exact) mass is 337 g/mol. The van der Waals surface area contributed by atoms with Crippen LogP contribution in [0.25, 0.3) is 5.69 Å². The van der Waals surface area contributed by atoms with Crippen molar-refractivity contribution in [2.45, 2.75) is 13.0 Å². The van der Waals surface area contributed by atoms with E-state index in [1.54, 1.807) is 35.6 Å². The predicted molar refractivity (Wildman–Crippen MR) is 92.9 cm³/mol. The molecule has 0 aliphatic heterocycles. The van der Waals surface area contributed by atoms with Crippen LogP contribution in [0.2, 0.25) is 0 Å². The van der Waals surface area contributed by atoms with E-state index in [-0.39, 0.29) is 17.8 Å². The van der Waals surface area contributed by atoms with E-state index in [0.717, 1.165) is 4.88 Å². The zero-order valence-electron chi connectivity index (χ0n) is 12.9. The lowest BCUT2D eigenvalue weighted by Crippen LogP contribution is -2.26. The molecule has 6 nitrogen and oxygen atoms in total. The van der Waals surface area contributed by atoms with Crippen molar-refractivity contribution in [1.29, 1.82) is 5.26 Å². The average Bonchev–Trinajstić information content (AvgIpc) is 3.24. The molecule has 1 atom stereocenters. The number of nitrogen functional groups attached to an aromatic ring is 1. The molecular weight excluding hydrogens is 322 g/mol. The minimum Gasteiger partial charge on any atom is -0.382 e. The van der Waals surface area contributed by atoms with Gasteiger partial charge in [0, 0.05) is 10.4 Å². The summed E-state index contributed by atoms with van der Waals surface area (Å²) in [4.78, 5) is 13.4. The third kappa shape index (κ3) is 3.00. The number of hydrogen-bond acceptors (Lipinski definition) is 5. The maximum atomic E-state index is 12.3. The molecule has 1 aromatic carbocycles. The highest BCUT2D eigenvalue weighted by Gasteiger charge is 2.13. The van der Waals surface area contributed by atoms with Crippen LogP contribution in [-0.2, 0) is 0 Å². The molecule has 0 aliphatic rings. The van der Waals surface area contributed by atoms with Gasteiger partial charge < -0.3 is 11.1 Å². The SMILES string of the molecule is CC(NC(=O)c1ccc(-n2ncc(C#N)c2N)cc1)c1cccs1. The zero-order valence-corrected chi connectivity index (χ0v) is 13.7. The summed E-state index contributed by atoms with van der Waals surface area (Å²) >= 11 is 1.61.